The maximum absolute atomic E-state index is 5.93. The lowest BCUT2D eigenvalue weighted by Crippen LogP contribution is -2.61. The Morgan fingerprint density at radius 2 is 0.645 bits per heavy atom. The van der Waals surface area contributed by atoms with Gasteiger partial charge in [0.2, 0.25) is 0 Å². The number of nitrogens with zero attached hydrogens (tertiary/aromatic N) is 4. The van der Waals surface area contributed by atoms with Crippen LogP contribution < -0.4 is 26.2 Å². The summed E-state index contributed by atoms with van der Waals surface area (Å²) in [7, 11) is 0. The smallest absolute Gasteiger partial charge is 0.252 e. The predicted molar refractivity (Wildman–Crippen MR) is 400 cm³/mol. The van der Waals surface area contributed by atoms with Crippen LogP contribution in [0, 0.1) is 0 Å². The SMILES string of the molecule is CC(C)(C)c1cc(N2c3cc4cc5ccccc5cc4cc3B3c4cc5cc6ccccc6cc5cc4N(c4cc(C(C)(C)C)cc(C(C)(C)C)c4)c4cc(-c5nc(-c6cc(-c7ccccc7)cc(-c7ccccc7)c6)nc6ccccc56)cc2c43)cc(C(C)(C)C)c1. The van der Waals surface area contributed by atoms with Crippen LogP contribution >= 0.6 is 0 Å². The zero-order valence-corrected chi connectivity index (χ0v) is 55.5. The summed E-state index contributed by atoms with van der Waals surface area (Å²) in [6.07, 6.45) is 0. The summed E-state index contributed by atoms with van der Waals surface area (Å²) in [5, 5.41) is 10.8. The van der Waals surface area contributed by atoms with Gasteiger partial charge >= 0.3 is 0 Å². The Bertz CT molecular complexity index is 5030. The Balaban J connectivity index is 1.07. The number of hydrogen-bond acceptors (Lipinski definition) is 4. The monoisotopic (exact) mass is 1200 g/mol. The molecule has 2 aliphatic rings. The minimum absolute atomic E-state index is 0.154. The topological polar surface area (TPSA) is 32.3 Å². The van der Waals surface area contributed by atoms with Crippen LogP contribution in [0.1, 0.15) is 105 Å². The minimum atomic E-state index is -0.177. The van der Waals surface area contributed by atoms with Crippen LogP contribution in [0.5, 0.6) is 0 Å². The molecule has 452 valence electrons. The molecule has 0 fully saturated rings. The third-order valence-electron chi connectivity index (χ3n) is 19.8. The molecule has 4 nitrogen and oxygen atoms in total. The highest BCUT2D eigenvalue weighted by Gasteiger charge is 2.45. The van der Waals surface area contributed by atoms with Crippen molar-refractivity contribution in [2.45, 2.75) is 105 Å². The molecule has 0 N–H and O–H groups in total. The summed E-state index contributed by atoms with van der Waals surface area (Å²) in [6.45, 7) is 28.1. The first kappa shape index (κ1) is 58.0. The number of aromatic nitrogens is 2. The number of benzene rings is 13. The van der Waals surface area contributed by atoms with Crippen molar-refractivity contribution in [3.05, 3.63) is 271 Å². The third-order valence-corrected chi connectivity index (χ3v) is 19.8. The van der Waals surface area contributed by atoms with Crippen molar-refractivity contribution >= 4 is 111 Å². The molecule has 0 saturated heterocycles. The molecular weight excluding hydrogens is 1120 g/mol. The van der Waals surface area contributed by atoms with Gasteiger partial charge < -0.3 is 9.80 Å². The fourth-order valence-electron chi connectivity index (χ4n) is 14.6. The van der Waals surface area contributed by atoms with E-state index in [2.05, 4.69) is 342 Å². The Morgan fingerprint density at radius 1 is 0.280 bits per heavy atom. The zero-order valence-electron chi connectivity index (χ0n) is 55.5. The van der Waals surface area contributed by atoms with Crippen LogP contribution in [0.2, 0.25) is 0 Å². The van der Waals surface area contributed by atoms with Gasteiger partial charge in [0.25, 0.3) is 6.71 Å². The van der Waals surface area contributed by atoms with Gasteiger partial charge in [-0.1, -0.05) is 235 Å². The van der Waals surface area contributed by atoms with Crippen LogP contribution in [0.3, 0.4) is 0 Å². The lowest BCUT2D eigenvalue weighted by atomic mass is 9.33. The molecule has 0 radical (unpaired) electrons. The standard InChI is InChI=1S/C88H77BN4/c1-85(2,3)68-48-69(86(4,5)6)51-72(50-68)92-78-44-64-37-58-31-21-19-29-56(58)35-62(64)42-75(78)89-76-43-63-36-57-30-20-22-32-59(57)38-65(63)45-79(76)93(73-52-70(87(7,8)9)49-71(53-73)88(10,11)12)81-47-66(46-80(92)82(81)89)83-74-33-23-24-34-77(74)90-84(91-83)67-40-60(54-25-15-13-16-26-54)39-61(41-67)55-27-17-14-18-28-55/h13-53H,1-12H3. The van der Waals surface area contributed by atoms with Crippen LogP contribution in [0.25, 0.3) is 98.9 Å². The number of rotatable bonds is 6. The van der Waals surface area contributed by atoms with Gasteiger partial charge in [-0.3, -0.25) is 0 Å². The quantitative estimate of drug-likeness (QED) is 0.123. The van der Waals surface area contributed by atoms with Crippen LogP contribution in [-0.2, 0) is 21.7 Å². The van der Waals surface area contributed by atoms with Gasteiger partial charge in [0.15, 0.2) is 5.82 Å². The van der Waals surface area contributed by atoms with Gasteiger partial charge in [0.1, 0.15) is 0 Å². The fraction of sp³-hybridized carbons (Fsp3) is 0.182. The van der Waals surface area contributed by atoms with E-state index in [1.807, 2.05) is 0 Å². The highest BCUT2D eigenvalue weighted by molar-refractivity contribution is 7.00. The number of fused-ring (bicyclic) bond motifs is 9. The molecule has 0 amide bonds. The largest absolute Gasteiger partial charge is 0.311 e. The molecule has 0 atom stereocenters. The molecule has 0 spiro atoms. The lowest BCUT2D eigenvalue weighted by molar-refractivity contribution is 0.568. The van der Waals surface area contributed by atoms with Crippen molar-refractivity contribution in [3.8, 4) is 44.9 Å². The molecule has 0 saturated carbocycles. The Hall–Kier alpha value is -10.1. The van der Waals surface area contributed by atoms with E-state index in [1.165, 1.54) is 93.1 Å². The summed E-state index contributed by atoms with van der Waals surface area (Å²) in [5.74, 6) is 0.671. The molecule has 14 aromatic rings. The maximum atomic E-state index is 5.93. The van der Waals surface area contributed by atoms with Crippen LogP contribution in [0.15, 0.2) is 249 Å². The first-order valence-electron chi connectivity index (χ1n) is 33.1. The summed E-state index contributed by atoms with van der Waals surface area (Å²) in [5.41, 5.74) is 23.5. The lowest BCUT2D eigenvalue weighted by Gasteiger charge is -2.45. The van der Waals surface area contributed by atoms with E-state index in [4.69, 9.17) is 9.97 Å². The third kappa shape index (κ3) is 10.2. The van der Waals surface area contributed by atoms with Crippen molar-refractivity contribution < 1.29 is 0 Å². The van der Waals surface area contributed by atoms with Crippen molar-refractivity contribution in [2.75, 3.05) is 9.80 Å². The van der Waals surface area contributed by atoms with Gasteiger partial charge in [0.05, 0.1) is 11.2 Å². The second kappa shape index (κ2) is 21.2. The van der Waals surface area contributed by atoms with Crippen molar-refractivity contribution in [2.24, 2.45) is 0 Å². The van der Waals surface area contributed by atoms with E-state index >= 15 is 0 Å². The van der Waals surface area contributed by atoms with Crippen molar-refractivity contribution in [1.82, 2.24) is 9.97 Å². The molecule has 2 aliphatic heterocycles. The molecule has 3 heterocycles. The highest BCUT2D eigenvalue weighted by Crippen LogP contribution is 2.51. The van der Waals surface area contributed by atoms with Gasteiger partial charge in [-0.15, -0.1) is 0 Å². The number of para-hydroxylation sites is 1. The van der Waals surface area contributed by atoms with Gasteiger partial charge in [0, 0.05) is 50.6 Å². The second-order valence-corrected chi connectivity index (χ2v) is 30.4. The summed E-state index contributed by atoms with van der Waals surface area (Å²) < 4.78 is 0. The Labute approximate surface area is 548 Å². The predicted octanol–water partition coefficient (Wildman–Crippen LogP) is 22.2. The van der Waals surface area contributed by atoms with E-state index in [0.717, 1.165) is 72.7 Å². The fourth-order valence-corrected chi connectivity index (χ4v) is 14.6. The van der Waals surface area contributed by atoms with E-state index in [9.17, 15) is 0 Å². The molecule has 5 heteroatoms. The van der Waals surface area contributed by atoms with Crippen molar-refractivity contribution in [1.29, 1.82) is 0 Å². The summed E-state index contributed by atoms with van der Waals surface area (Å²) in [4.78, 5) is 16.8. The van der Waals surface area contributed by atoms with Crippen LogP contribution in [0.4, 0.5) is 34.1 Å². The maximum Gasteiger partial charge on any atom is 0.252 e. The van der Waals surface area contributed by atoms with Crippen molar-refractivity contribution in [3.63, 3.8) is 0 Å². The second-order valence-electron chi connectivity index (χ2n) is 30.4. The highest BCUT2D eigenvalue weighted by atomic mass is 15.2. The first-order valence-corrected chi connectivity index (χ1v) is 33.1. The van der Waals surface area contributed by atoms with E-state index in [0.29, 0.717) is 5.82 Å². The number of hydrogen-bond donors (Lipinski definition) is 0. The molecular formula is C88H77BN4. The van der Waals surface area contributed by atoms with E-state index in [1.54, 1.807) is 0 Å². The molecule has 0 bridgehead atoms. The minimum Gasteiger partial charge on any atom is -0.311 e. The van der Waals surface area contributed by atoms with Gasteiger partial charge in [-0.2, -0.15) is 0 Å². The van der Waals surface area contributed by atoms with Gasteiger partial charge in [-0.25, -0.2) is 9.97 Å². The Kier molecular flexibility index (Phi) is 13.2. The Morgan fingerprint density at radius 3 is 1.05 bits per heavy atom. The molecule has 13 aromatic carbocycles. The van der Waals surface area contributed by atoms with E-state index < -0.39 is 0 Å². The zero-order chi connectivity index (χ0) is 64.0. The summed E-state index contributed by atoms with van der Waals surface area (Å²) in [6, 6.07) is 94.2. The van der Waals surface area contributed by atoms with Crippen LogP contribution in [-0.4, -0.2) is 16.7 Å². The molecule has 0 unspecified atom stereocenters. The average molecular weight is 1200 g/mol. The van der Waals surface area contributed by atoms with E-state index in [-0.39, 0.29) is 28.4 Å². The molecule has 0 aliphatic carbocycles. The molecule has 93 heavy (non-hydrogen) atoms. The number of anilines is 6. The normalized spacial score (nSPS) is 13.3. The average Bonchev–Trinajstić information content (AvgIpc) is 0.689. The first-order chi connectivity index (χ1) is 44.6. The molecule has 16 rings (SSSR count). The summed E-state index contributed by atoms with van der Waals surface area (Å²) >= 11 is 0. The van der Waals surface area contributed by atoms with Gasteiger partial charge in [-0.05, 0) is 223 Å². The molecule has 1 aromatic heterocycles.